The number of allylic oxidation sites excluding steroid dienone is 3. The monoisotopic (exact) mass is 595 g/mol. The van der Waals surface area contributed by atoms with E-state index in [2.05, 4.69) is 186 Å². The first-order valence-electron chi connectivity index (χ1n) is 15.2. The fourth-order valence-corrected chi connectivity index (χ4v) is 9.94. The van der Waals surface area contributed by atoms with Gasteiger partial charge in [-0.05, 0) is 92.6 Å². The van der Waals surface area contributed by atoms with Crippen LogP contribution in [0.25, 0.3) is 33.1 Å². The topological polar surface area (TPSA) is 4.93 Å². The molecular weight excluding hydrogens is 563 g/mol. The van der Waals surface area contributed by atoms with Gasteiger partial charge >= 0.3 is 0 Å². The van der Waals surface area contributed by atoms with Gasteiger partial charge in [0.25, 0.3) is 0 Å². The van der Waals surface area contributed by atoms with Crippen LogP contribution in [0, 0.1) is 12.3 Å². The Kier molecular flexibility index (Phi) is 7.94. The number of aromatic nitrogens is 1. The van der Waals surface area contributed by atoms with Crippen molar-refractivity contribution >= 4 is 37.4 Å². The van der Waals surface area contributed by atoms with Crippen molar-refractivity contribution in [1.29, 1.82) is 0 Å². The van der Waals surface area contributed by atoms with Gasteiger partial charge in [-0.3, -0.25) is 0 Å². The number of rotatable bonds is 8. The highest BCUT2D eigenvalue weighted by atomic mass is 32.3. The van der Waals surface area contributed by atoms with Gasteiger partial charge in [0.1, 0.15) is 0 Å². The molecule has 7 aromatic rings. The molecule has 0 fully saturated rings. The number of nitrogens with zero attached hydrogens (tertiary/aromatic N) is 1. The highest BCUT2D eigenvalue weighted by Crippen LogP contribution is 2.68. The van der Waals surface area contributed by atoms with Crippen LogP contribution in [-0.2, 0) is 0 Å². The van der Waals surface area contributed by atoms with Gasteiger partial charge in [-0.25, -0.2) is 0 Å². The third-order valence-electron chi connectivity index (χ3n) is 8.36. The van der Waals surface area contributed by atoms with Crippen LogP contribution in [0.5, 0.6) is 0 Å². The summed E-state index contributed by atoms with van der Waals surface area (Å²) in [5.74, 6) is 3.64. The second-order valence-electron chi connectivity index (χ2n) is 10.9. The summed E-state index contributed by atoms with van der Waals surface area (Å²) in [6.45, 7) is 0. The predicted molar refractivity (Wildman–Crippen MR) is 193 cm³/mol. The molecule has 0 saturated heterocycles. The van der Waals surface area contributed by atoms with E-state index in [1.807, 2.05) is 6.08 Å². The zero-order valence-corrected chi connectivity index (χ0v) is 25.8. The van der Waals surface area contributed by atoms with Gasteiger partial charge in [0.15, 0.2) is 0 Å². The molecule has 2 heteroatoms. The molecular formula is C43H33NS. The Bertz CT molecular complexity index is 2010. The first kappa shape index (κ1) is 28.3. The normalized spacial score (nSPS) is 12.5. The van der Waals surface area contributed by atoms with Gasteiger partial charge < -0.3 is 4.57 Å². The summed E-state index contributed by atoms with van der Waals surface area (Å²) >= 11 is 0. The smallest absolute Gasteiger partial charge is 0.0541 e. The summed E-state index contributed by atoms with van der Waals surface area (Å²) < 4.78 is 2.34. The van der Waals surface area contributed by atoms with Crippen molar-refractivity contribution in [3.8, 4) is 18.0 Å². The summed E-state index contributed by atoms with van der Waals surface area (Å²) in [6.07, 6.45) is 12.3. The van der Waals surface area contributed by atoms with E-state index >= 15 is 0 Å². The minimum absolute atomic E-state index is 0.854. The Balaban J connectivity index is 1.27. The first-order valence-corrected chi connectivity index (χ1v) is 17.0. The molecule has 6 aromatic carbocycles. The average molecular weight is 596 g/mol. The third-order valence-corrected chi connectivity index (χ3v) is 12.3. The van der Waals surface area contributed by atoms with Crippen LogP contribution in [0.1, 0.15) is 5.56 Å². The molecule has 0 aliphatic carbocycles. The number of fused-ring (bicyclic) bond motifs is 3. The fourth-order valence-electron chi connectivity index (χ4n) is 6.30. The number of hydrogen-bond acceptors (Lipinski definition) is 0. The van der Waals surface area contributed by atoms with Gasteiger partial charge in [-0.15, -0.1) is 6.42 Å². The maximum Gasteiger partial charge on any atom is 0.0541 e. The summed E-state index contributed by atoms with van der Waals surface area (Å²) in [4.78, 5) is 4.01. The van der Waals surface area contributed by atoms with Crippen molar-refractivity contribution < 1.29 is 0 Å². The molecule has 7 rings (SSSR count). The lowest BCUT2D eigenvalue weighted by molar-refractivity contribution is 1.18. The van der Waals surface area contributed by atoms with E-state index in [-0.39, 0.29) is 0 Å². The molecule has 1 nitrogen and oxygen atoms in total. The first-order chi connectivity index (χ1) is 22.3. The molecule has 0 atom stereocenters. The highest BCUT2D eigenvalue weighted by Gasteiger charge is 2.29. The Morgan fingerprint density at radius 1 is 0.556 bits per heavy atom. The van der Waals surface area contributed by atoms with Crippen LogP contribution in [0.2, 0.25) is 0 Å². The van der Waals surface area contributed by atoms with Crippen molar-refractivity contribution in [3.05, 3.63) is 188 Å². The largest absolute Gasteiger partial charge is 0.309 e. The van der Waals surface area contributed by atoms with E-state index in [0.29, 0.717) is 0 Å². The summed E-state index contributed by atoms with van der Waals surface area (Å²) in [6, 6.07) is 58.7. The molecule has 0 amide bonds. The standard InChI is InChI=1S/C43H33NS/c1-2-17-34(35-29-31-36(32-30-35)44-42-27-14-12-25-40(42)41-26-13-15-28-43(41)44)18-16-33-45(37-19-6-3-7-20-37,38-21-8-4-9-22-38)39-23-10-5-11-24-39/h1,3-32H,33H2/b18-16-,34-17+. The minimum atomic E-state index is -1.57. The molecule has 216 valence electrons. The van der Waals surface area contributed by atoms with E-state index in [9.17, 15) is 0 Å². The molecule has 0 unspecified atom stereocenters. The van der Waals surface area contributed by atoms with E-state index in [0.717, 1.165) is 22.6 Å². The van der Waals surface area contributed by atoms with Gasteiger partial charge in [-0.1, -0.05) is 121 Å². The predicted octanol–water partition coefficient (Wildman–Crippen LogP) is 11.3. The van der Waals surface area contributed by atoms with Crippen LogP contribution in [0.4, 0.5) is 0 Å². The van der Waals surface area contributed by atoms with Gasteiger partial charge in [0.05, 0.1) is 11.0 Å². The molecule has 0 N–H and O–H groups in total. The van der Waals surface area contributed by atoms with Crippen LogP contribution < -0.4 is 0 Å². The van der Waals surface area contributed by atoms with Gasteiger partial charge in [0.2, 0.25) is 0 Å². The zero-order valence-electron chi connectivity index (χ0n) is 25.0. The number of benzene rings is 6. The van der Waals surface area contributed by atoms with Crippen LogP contribution in [-0.4, -0.2) is 10.3 Å². The van der Waals surface area contributed by atoms with Crippen molar-refractivity contribution in [2.24, 2.45) is 0 Å². The quantitative estimate of drug-likeness (QED) is 0.122. The maximum atomic E-state index is 5.87. The molecule has 0 aliphatic rings. The SMILES string of the molecule is C#C/C=C(\C=C/CS(c1ccccc1)(c1ccccc1)c1ccccc1)c1ccc(-n2c3ccccc3c3ccccc32)cc1. The molecule has 0 aliphatic heterocycles. The molecule has 1 heterocycles. The molecule has 0 saturated carbocycles. The maximum absolute atomic E-state index is 5.87. The van der Waals surface area contributed by atoms with Crippen molar-refractivity contribution in [2.75, 3.05) is 5.75 Å². The lowest BCUT2D eigenvalue weighted by Crippen LogP contribution is -2.07. The third kappa shape index (κ3) is 5.29. The number of terminal acetylenes is 1. The van der Waals surface area contributed by atoms with Crippen LogP contribution in [0.3, 0.4) is 0 Å². The lowest BCUT2D eigenvalue weighted by atomic mass is 10.0. The summed E-state index contributed by atoms with van der Waals surface area (Å²) in [7, 11) is -1.57. The van der Waals surface area contributed by atoms with E-state index in [1.165, 1.54) is 36.5 Å². The van der Waals surface area contributed by atoms with Gasteiger partial charge in [0, 0.05) is 22.2 Å². The summed E-state index contributed by atoms with van der Waals surface area (Å²) in [5, 5.41) is 2.52. The van der Waals surface area contributed by atoms with E-state index < -0.39 is 10.0 Å². The molecule has 0 radical (unpaired) electrons. The molecule has 0 spiro atoms. The minimum Gasteiger partial charge on any atom is -0.309 e. The zero-order chi connectivity index (χ0) is 30.5. The lowest BCUT2D eigenvalue weighted by Gasteiger charge is -2.41. The molecule has 0 bridgehead atoms. The van der Waals surface area contributed by atoms with Crippen LogP contribution in [0.15, 0.2) is 197 Å². The Hall–Kier alpha value is -5.49. The summed E-state index contributed by atoms with van der Waals surface area (Å²) in [5.41, 5.74) is 5.64. The Labute approximate surface area is 267 Å². The Morgan fingerprint density at radius 2 is 1.00 bits per heavy atom. The second kappa shape index (κ2) is 12.6. The van der Waals surface area contributed by atoms with Crippen LogP contribution >= 0.6 is 10.0 Å². The van der Waals surface area contributed by atoms with E-state index in [1.54, 1.807) is 0 Å². The molecule has 1 aromatic heterocycles. The van der Waals surface area contributed by atoms with Gasteiger partial charge in [-0.2, -0.15) is 10.0 Å². The Morgan fingerprint density at radius 3 is 1.47 bits per heavy atom. The van der Waals surface area contributed by atoms with Crippen molar-refractivity contribution in [2.45, 2.75) is 14.7 Å². The van der Waals surface area contributed by atoms with Crippen molar-refractivity contribution in [1.82, 2.24) is 4.57 Å². The average Bonchev–Trinajstić information content (AvgIpc) is 3.45. The second-order valence-corrected chi connectivity index (χ2v) is 14.2. The fraction of sp³-hybridized carbons (Fsp3) is 0.0233. The van der Waals surface area contributed by atoms with E-state index in [4.69, 9.17) is 6.42 Å². The number of para-hydroxylation sites is 2. The molecule has 45 heavy (non-hydrogen) atoms. The van der Waals surface area contributed by atoms with Crippen molar-refractivity contribution in [3.63, 3.8) is 0 Å². The highest BCUT2D eigenvalue weighted by molar-refractivity contribution is 8.34. The number of hydrogen-bond donors (Lipinski definition) is 0.